The summed E-state index contributed by atoms with van der Waals surface area (Å²) in [6.45, 7) is 10.2. The minimum Gasteiger partial charge on any atom is -0.492 e. The van der Waals surface area contributed by atoms with Gasteiger partial charge in [-0.15, -0.1) is 0 Å². The molecule has 1 N–H and O–H groups in total. The summed E-state index contributed by atoms with van der Waals surface area (Å²) in [5.74, 6) is 0.758. The lowest BCUT2D eigenvalue weighted by atomic mass is 10.1. The van der Waals surface area contributed by atoms with Gasteiger partial charge in [0, 0.05) is 31.2 Å². The third-order valence-electron chi connectivity index (χ3n) is 5.75. The van der Waals surface area contributed by atoms with Crippen LogP contribution in [-0.2, 0) is 16.1 Å². The van der Waals surface area contributed by atoms with Crippen molar-refractivity contribution in [3.05, 3.63) is 40.8 Å². The van der Waals surface area contributed by atoms with Crippen LogP contribution >= 0.6 is 0 Å². The summed E-state index contributed by atoms with van der Waals surface area (Å²) in [7, 11) is 1.51. The molecule has 3 aromatic heterocycles. The molecule has 4 heterocycles. The number of nitrogens with zero attached hydrogens (tertiary/aromatic N) is 5. The Labute approximate surface area is 215 Å². The first-order valence-electron chi connectivity index (χ1n) is 12.4. The quantitative estimate of drug-likeness (QED) is 0.430. The maximum atomic E-state index is 13.6. The fourth-order valence-corrected chi connectivity index (χ4v) is 4.07. The lowest BCUT2D eigenvalue weighted by Crippen LogP contribution is -2.43. The average molecular weight is 511 g/mol. The van der Waals surface area contributed by atoms with Crippen molar-refractivity contribution in [3.8, 4) is 23.1 Å². The van der Waals surface area contributed by atoms with Crippen molar-refractivity contribution in [1.82, 2.24) is 29.7 Å². The molecule has 198 valence electrons. The standard InChI is InChI=1S/C26H34N6O5/c1-26(2,3)30-21(33)17-32-24(20-7-5-8-22(28-20)35-4)29-23-19(25(32)34)15-18(16-27-23)37-12-6-9-31-10-13-36-14-11-31/h5,7-8,15-16H,6,9-14,17H2,1-4H3,(H,30,33). The Morgan fingerprint density at radius 1 is 1.19 bits per heavy atom. The van der Waals surface area contributed by atoms with Crippen LogP contribution in [0.4, 0.5) is 0 Å². The van der Waals surface area contributed by atoms with Crippen LogP contribution in [0, 0.1) is 0 Å². The number of rotatable bonds is 9. The predicted molar refractivity (Wildman–Crippen MR) is 139 cm³/mol. The zero-order valence-electron chi connectivity index (χ0n) is 21.8. The molecule has 4 rings (SSSR count). The molecule has 0 radical (unpaired) electrons. The Kier molecular flexibility index (Phi) is 8.34. The normalized spacial score (nSPS) is 14.5. The molecule has 0 atom stereocenters. The molecule has 0 unspecified atom stereocenters. The summed E-state index contributed by atoms with van der Waals surface area (Å²) in [5.41, 5.74) is -0.215. The molecule has 37 heavy (non-hydrogen) atoms. The van der Waals surface area contributed by atoms with Crippen LogP contribution in [0.3, 0.4) is 0 Å². The van der Waals surface area contributed by atoms with Gasteiger partial charge in [-0.05, 0) is 39.3 Å². The van der Waals surface area contributed by atoms with Crippen molar-refractivity contribution >= 4 is 16.9 Å². The van der Waals surface area contributed by atoms with E-state index in [9.17, 15) is 9.59 Å². The first-order valence-corrected chi connectivity index (χ1v) is 12.4. The molecule has 1 aliphatic heterocycles. The number of pyridine rings is 2. The Hall–Kier alpha value is -3.57. The highest BCUT2D eigenvalue weighted by Crippen LogP contribution is 2.21. The molecule has 11 nitrogen and oxygen atoms in total. The smallest absolute Gasteiger partial charge is 0.263 e. The number of fused-ring (bicyclic) bond motifs is 1. The summed E-state index contributed by atoms with van der Waals surface area (Å²) in [5, 5.41) is 3.16. The van der Waals surface area contributed by atoms with E-state index in [0.29, 0.717) is 23.9 Å². The molecule has 0 aromatic carbocycles. The molecular weight excluding hydrogens is 476 g/mol. The SMILES string of the molecule is COc1cccc(-c2nc3ncc(OCCCN4CCOCC4)cc3c(=O)n2CC(=O)NC(C)(C)C)n1. The Balaban J connectivity index is 1.62. The number of aromatic nitrogens is 4. The van der Waals surface area contributed by atoms with Gasteiger partial charge in [0.05, 0.1) is 38.5 Å². The number of amides is 1. The number of hydrogen-bond acceptors (Lipinski definition) is 9. The molecule has 1 aliphatic rings. The molecule has 11 heteroatoms. The molecule has 1 amide bonds. The van der Waals surface area contributed by atoms with Gasteiger partial charge in [-0.3, -0.25) is 19.1 Å². The van der Waals surface area contributed by atoms with E-state index in [0.717, 1.165) is 39.3 Å². The number of ether oxygens (including phenoxy) is 3. The molecule has 0 aliphatic carbocycles. The third kappa shape index (κ3) is 7.01. The highest BCUT2D eigenvalue weighted by Gasteiger charge is 2.20. The van der Waals surface area contributed by atoms with Gasteiger partial charge in [0.2, 0.25) is 11.8 Å². The minimum absolute atomic E-state index is 0.224. The van der Waals surface area contributed by atoms with Gasteiger partial charge in [0.1, 0.15) is 18.0 Å². The number of carbonyl (C=O) groups excluding carboxylic acids is 1. The largest absolute Gasteiger partial charge is 0.492 e. The van der Waals surface area contributed by atoms with Crippen LogP contribution in [-0.4, -0.2) is 82.4 Å². The van der Waals surface area contributed by atoms with E-state index in [1.54, 1.807) is 30.5 Å². The van der Waals surface area contributed by atoms with E-state index in [1.165, 1.54) is 11.7 Å². The topological polar surface area (TPSA) is 121 Å². The number of hydrogen-bond donors (Lipinski definition) is 1. The van der Waals surface area contributed by atoms with Crippen LogP contribution in [0.5, 0.6) is 11.6 Å². The van der Waals surface area contributed by atoms with Crippen LogP contribution in [0.25, 0.3) is 22.6 Å². The van der Waals surface area contributed by atoms with Crippen LogP contribution < -0.4 is 20.3 Å². The van der Waals surface area contributed by atoms with Gasteiger partial charge in [0.25, 0.3) is 5.56 Å². The Morgan fingerprint density at radius 3 is 2.70 bits per heavy atom. The second kappa shape index (κ2) is 11.7. The van der Waals surface area contributed by atoms with Gasteiger partial charge in [-0.1, -0.05) is 6.07 Å². The Bertz CT molecular complexity index is 1300. The maximum Gasteiger partial charge on any atom is 0.263 e. The number of nitrogens with one attached hydrogen (secondary N) is 1. The molecular formula is C26H34N6O5. The lowest BCUT2D eigenvalue weighted by molar-refractivity contribution is -0.123. The van der Waals surface area contributed by atoms with E-state index in [-0.39, 0.29) is 29.3 Å². The summed E-state index contributed by atoms with van der Waals surface area (Å²) < 4.78 is 17.8. The van der Waals surface area contributed by atoms with Gasteiger partial charge in [-0.25, -0.2) is 15.0 Å². The van der Waals surface area contributed by atoms with Crippen molar-refractivity contribution in [2.45, 2.75) is 39.3 Å². The van der Waals surface area contributed by atoms with Crippen molar-refractivity contribution < 1.29 is 19.0 Å². The summed E-state index contributed by atoms with van der Waals surface area (Å²) in [6.07, 6.45) is 2.40. The van der Waals surface area contributed by atoms with Crippen LogP contribution in [0.1, 0.15) is 27.2 Å². The average Bonchev–Trinajstić information content (AvgIpc) is 2.88. The maximum absolute atomic E-state index is 13.6. The fourth-order valence-electron chi connectivity index (χ4n) is 4.07. The van der Waals surface area contributed by atoms with Crippen molar-refractivity contribution in [2.24, 2.45) is 0 Å². The van der Waals surface area contributed by atoms with Crippen LogP contribution in [0.2, 0.25) is 0 Å². The summed E-state index contributed by atoms with van der Waals surface area (Å²) in [4.78, 5) is 42.2. The zero-order valence-corrected chi connectivity index (χ0v) is 21.8. The molecule has 1 saturated heterocycles. The van der Waals surface area contributed by atoms with E-state index in [4.69, 9.17) is 14.2 Å². The lowest BCUT2D eigenvalue weighted by Gasteiger charge is -2.26. The molecule has 0 spiro atoms. The molecule has 0 saturated carbocycles. The highest BCUT2D eigenvalue weighted by atomic mass is 16.5. The fraction of sp³-hybridized carbons (Fsp3) is 0.500. The predicted octanol–water partition coefficient (Wildman–Crippen LogP) is 1.88. The van der Waals surface area contributed by atoms with Crippen molar-refractivity contribution in [2.75, 3.05) is 46.6 Å². The summed E-state index contributed by atoms with van der Waals surface area (Å²) in [6, 6.07) is 6.78. The molecule has 3 aromatic rings. The third-order valence-corrected chi connectivity index (χ3v) is 5.75. The Morgan fingerprint density at radius 2 is 1.97 bits per heavy atom. The number of carbonyl (C=O) groups is 1. The minimum atomic E-state index is -0.455. The first-order chi connectivity index (χ1) is 17.7. The number of methoxy groups -OCH3 is 1. The van der Waals surface area contributed by atoms with E-state index in [1.807, 2.05) is 20.8 Å². The monoisotopic (exact) mass is 510 g/mol. The van der Waals surface area contributed by atoms with Gasteiger partial charge in [0.15, 0.2) is 11.5 Å². The second-order valence-corrected chi connectivity index (χ2v) is 9.89. The van der Waals surface area contributed by atoms with Gasteiger partial charge >= 0.3 is 0 Å². The highest BCUT2D eigenvalue weighted by molar-refractivity contribution is 5.80. The van der Waals surface area contributed by atoms with Gasteiger partial charge in [-0.2, -0.15) is 0 Å². The second-order valence-electron chi connectivity index (χ2n) is 9.89. The molecule has 0 bridgehead atoms. The van der Waals surface area contributed by atoms with Crippen LogP contribution in [0.15, 0.2) is 35.3 Å². The number of morpholine rings is 1. The van der Waals surface area contributed by atoms with Crippen molar-refractivity contribution in [3.63, 3.8) is 0 Å². The molecule has 1 fully saturated rings. The van der Waals surface area contributed by atoms with Gasteiger partial charge < -0.3 is 19.5 Å². The van der Waals surface area contributed by atoms with Crippen molar-refractivity contribution in [1.29, 1.82) is 0 Å². The van der Waals surface area contributed by atoms with E-state index in [2.05, 4.69) is 25.2 Å². The van der Waals surface area contributed by atoms with E-state index >= 15 is 0 Å². The summed E-state index contributed by atoms with van der Waals surface area (Å²) >= 11 is 0. The zero-order chi connectivity index (χ0) is 26.4. The van der Waals surface area contributed by atoms with E-state index < -0.39 is 11.1 Å². The first kappa shape index (κ1) is 26.5.